The Kier molecular flexibility index (Phi) is 2.50. The average Bonchev–Trinajstić information content (AvgIpc) is 2.76. The van der Waals surface area contributed by atoms with Crippen LogP contribution in [0, 0.1) is 0 Å². The SMILES string of the molecule is O=C(Cc1cccs1)Nc1nn[nH]n1. The Morgan fingerprint density at radius 1 is 1.64 bits per heavy atom. The molecular formula is C7H7N5OS. The van der Waals surface area contributed by atoms with E-state index >= 15 is 0 Å². The summed E-state index contributed by atoms with van der Waals surface area (Å²) in [6.07, 6.45) is 0.339. The molecule has 0 aromatic carbocycles. The van der Waals surface area contributed by atoms with Crippen LogP contribution in [0.15, 0.2) is 17.5 Å². The first-order valence-corrected chi connectivity index (χ1v) is 4.78. The Balaban J connectivity index is 1.91. The van der Waals surface area contributed by atoms with Crippen LogP contribution >= 0.6 is 11.3 Å². The smallest absolute Gasteiger partial charge is 0.269 e. The second-order valence-corrected chi connectivity index (χ2v) is 3.57. The highest BCUT2D eigenvalue weighted by molar-refractivity contribution is 7.10. The number of aromatic nitrogens is 4. The van der Waals surface area contributed by atoms with E-state index in [0.29, 0.717) is 6.42 Å². The number of carbonyl (C=O) groups excluding carboxylic acids is 1. The van der Waals surface area contributed by atoms with Gasteiger partial charge in [-0.3, -0.25) is 10.1 Å². The van der Waals surface area contributed by atoms with Gasteiger partial charge in [-0.25, -0.2) is 0 Å². The summed E-state index contributed by atoms with van der Waals surface area (Å²) < 4.78 is 0. The van der Waals surface area contributed by atoms with Gasteiger partial charge in [0.1, 0.15) is 0 Å². The first kappa shape index (κ1) is 8.82. The molecule has 0 fully saturated rings. The number of carbonyl (C=O) groups is 1. The number of thiophene rings is 1. The fraction of sp³-hybridized carbons (Fsp3) is 0.143. The maximum atomic E-state index is 11.4. The molecule has 0 bridgehead atoms. The van der Waals surface area contributed by atoms with E-state index in [0.717, 1.165) is 4.88 Å². The molecule has 0 radical (unpaired) electrons. The molecule has 0 aliphatic rings. The average molecular weight is 209 g/mol. The van der Waals surface area contributed by atoms with Crippen LogP contribution < -0.4 is 5.32 Å². The Bertz CT molecular complexity index is 357. The van der Waals surface area contributed by atoms with Gasteiger partial charge in [0.05, 0.1) is 6.42 Å². The summed E-state index contributed by atoms with van der Waals surface area (Å²) in [7, 11) is 0. The van der Waals surface area contributed by atoms with Gasteiger partial charge in [-0.1, -0.05) is 11.2 Å². The van der Waals surface area contributed by atoms with Crippen molar-refractivity contribution in [1.82, 2.24) is 20.6 Å². The predicted molar refractivity (Wildman–Crippen MR) is 50.8 cm³/mol. The third-order valence-electron chi connectivity index (χ3n) is 1.51. The summed E-state index contributed by atoms with van der Waals surface area (Å²) in [5, 5.41) is 17.2. The minimum atomic E-state index is -0.145. The maximum absolute atomic E-state index is 11.4. The molecule has 0 aliphatic heterocycles. The van der Waals surface area contributed by atoms with Gasteiger partial charge >= 0.3 is 0 Å². The van der Waals surface area contributed by atoms with E-state index in [1.807, 2.05) is 17.5 Å². The highest BCUT2D eigenvalue weighted by atomic mass is 32.1. The number of H-pyrrole nitrogens is 1. The largest absolute Gasteiger partial charge is 0.292 e. The van der Waals surface area contributed by atoms with Crippen molar-refractivity contribution in [2.24, 2.45) is 0 Å². The quantitative estimate of drug-likeness (QED) is 0.768. The highest BCUT2D eigenvalue weighted by Gasteiger charge is 2.06. The molecule has 6 nitrogen and oxygen atoms in total. The van der Waals surface area contributed by atoms with Crippen LogP contribution in [0.25, 0.3) is 0 Å². The molecule has 7 heteroatoms. The number of nitrogens with one attached hydrogen (secondary N) is 2. The lowest BCUT2D eigenvalue weighted by Gasteiger charge is -1.96. The van der Waals surface area contributed by atoms with E-state index in [2.05, 4.69) is 25.9 Å². The lowest BCUT2D eigenvalue weighted by atomic mass is 10.3. The van der Waals surface area contributed by atoms with Gasteiger partial charge in [0.25, 0.3) is 5.95 Å². The topological polar surface area (TPSA) is 83.6 Å². The second-order valence-electron chi connectivity index (χ2n) is 2.54. The molecular weight excluding hydrogens is 202 g/mol. The number of amides is 1. The lowest BCUT2D eigenvalue weighted by molar-refractivity contribution is -0.115. The predicted octanol–water partition coefficient (Wildman–Crippen LogP) is 0.442. The van der Waals surface area contributed by atoms with Gasteiger partial charge in [-0.15, -0.1) is 16.4 Å². The second kappa shape index (κ2) is 3.97. The van der Waals surface area contributed by atoms with Gasteiger partial charge in [-0.05, 0) is 16.7 Å². The van der Waals surface area contributed by atoms with E-state index in [4.69, 9.17) is 0 Å². The van der Waals surface area contributed by atoms with Crippen molar-refractivity contribution in [2.75, 3.05) is 5.32 Å². The maximum Gasteiger partial charge on any atom is 0.269 e. The van der Waals surface area contributed by atoms with Crippen LogP contribution in [0.2, 0.25) is 0 Å². The molecule has 0 spiro atoms. The molecule has 0 saturated heterocycles. The monoisotopic (exact) mass is 209 g/mol. The van der Waals surface area contributed by atoms with Crippen LogP contribution in [0.5, 0.6) is 0 Å². The number of nitrogens with zero attached hydrogens (tertiary/aromatic N) is 3. The summed E-state index contributed by atoms with van der Waals surface area (Å²) in [5.74, 6) is 0.0559. The fourth-order valence-electron chi connectivity index (χ4n) is 0.955. The van der Waals surface area contributed by atoms with Gasteiger partial charge in [-0.2, -0.15) is 5.21 Å². The summed E-state index contributed by atoms with van der Waals surface area (Å²) >= 11 is 1.54. The van der Waals surface area contributed by atoms with Crippen molar-refractivity contribution < 1.29 is 4.79 Å². The molecule has 14 heavy (non-hydrogen) atoms. The van der Waals surface area contributed by atoms with E-state index in [1.54, 1.807) is 0 Å². The number of rotatable bonds is 3. The van der Waals surface area contributed by atoms with E-state index in [9.17, 15) is 4.79 Å². The molecule has 2 aromatic heterocycles. The van der Waals surface area contributed by atoms with E-state index in [-0.39, 0.29) is 11.9 Å². The molecule has 0 atom stereocenters. The van der Waals surface area contributed by atoms with E-state index < -0.39 is 0 Å². The van der Waals surface area contributed by atoms with Crippen molar-refractivity contribution in [1.29, 1.82) is 0 Å². The molecule has 72 valence electrons. The van der Waals surface area contributed by atoms with Crippen LogP contribution in [-0.4, -0.2) is 26.5 Å². The lowest BCUT2D eigenvalue weighted by Crippen LogP contribution is -2.14. The zero-order chi connectivity index (χ0) is 9.80. The van der Waals surface area contributed by atoms with Crippen LogP contribution in [0.4, 0.5) is 5.95 Å². The number of anilines is 1. The Morgan fingerprint density at radius 2 is 2.57 bits per heavy atom. The van der Waals surface area contributed by atoms with Gasteiger partial charge < -0.3 is 0 Å². The third-order valence-corrected chi connectivity index (χ3v) is 2.39. The Hall–Kier alpha value is -1.76. The summed E-state index contributed by atoms with van der Waals surface area (Å²) in [6, 6.07) is 3.81. The molecule has 2 rings (SSSR count). The molecule has 0 aliphatic carbocycles. The van der Waals surface area contributed by atoms with Crippen molar-refractivity contribution in [3.63, 3.8) is 0 Å². The molecule has 2 aromatic rings. The van der Waals surface area contributed by atoms with Crippen molar-refractivity contribution in [2.45, 2.75) is 6.42 Å². The molecule has 1 amide bonds. The van der Waals surface area contributed by atoms with Crippen LogP contribution in [-0.2, 0) is 11.2 Å². The molecule has 2 N–H and O–H groups in total. The van der Waals surface area contributed by atoms with Crippen LogP contribution in [0.3, 0.4) is 0 Å². The highest BCUT2D eigenvalue weighted by Crippen LogP contribution is 2.09. The van der Waals surface area contributed by atoms with Gasteiger partial charge in [0.15, 0.2) is 0 Å². The Morgan fingerprint density at radius 3 is 3.21 bits per heavy atom. The summed E-state index contributed by atoms with van der Waals surface area (Å²) in [5.41, 5.74) is 0. The number of tetrazole rings is 1. The number of hydrogen-bond donors (Lipinski definition) is 2. The minimum absolute atomic E-state index is 0.145. The first-order chi connectivity index (χ1) is 6.84. The van der Waals surface area contributed by atoms with Crippen molar-refractivity contribution in [3.05, 3.63) is 22.4 Å². The summed E-state index contributed by atoms with van der Waals surface area (Å²) in [4.78, 5) is 12.4. The Labute approximate surface area is 83.3 Å². The molecule has 2 heterocycles. The van der Waals surface area contributed by atoms with Crippen LogP contribution in [0.1, 0.15) is 4.88 Å². The van der Waals surface area contributed by atoms with Gasteiger partial charge in [0, 0.05) is 4.88 Å². The standard InChI is InChI=1S/C7H7N5OS/c13-6(4-5-2-1-3-14-5)8-7-9-11-12-10-7/h1-3H,4H2,(H2,8,9,10,11,12,13). The zero-order valence-corrected chi connectivity index (χ0v) is 7.91. The minimum Gasteiger partial charge on any atom is -0.292 e. The fourth-order valence-corrected chi connectivity index (χ4v) is 1.66. The number of aromatic amines is 1. The normalized spacial score (nSPS) is 10.0. The molecule has 0 saturated carbocycles. The van der Waals surface area contributed by atoms with Gasteiger partial charge in [0.2, 0.25) is 5.91 Å². The third kappa shape index (κ3) is 2.13. The zero-order valence-electron chi connectivity index (χ0n) is 7.10. The number of hydrogen-bond acceptors (Lipinski definition) is 5. The van der Waals surface area contributed by atoms with Crippen molar-refractivity contribution >= 4 is 23.2 Å². The summed E-state index contributed by atoms with van der Waals surface area (Å²) in [6.45, 7) is 0. The molecule has 0 unspecified atom stereocenters. The first-order valence-electron chi connectivity index (χ1n) is 3.90. The van der Waals surface area contributed by atoms with E-state index in [1.165, 1.54) is 11.3 Å². The van der Waals surface area contributed by atoms with Crippen molar-refractivity contribution in [3.8, 4) is 0 Å².